The Labute approximate surface area is 98.3 Å². The second kappa shape index (κ2) is 4.78. The van der Waals surface area contributed by atoms with Crippen LogP contribution in [0.25, 0.3) is 0 Å². The van der Waals surface area contributed by atoms with E-state index >= 15 is 0 Å². The van der Waals surface area contributed by atoms with Gasteiger partial charge in [0.15, 0.2) is 0 Å². The van der Waals surface area contributed by atoms with Gasteiger partial charge in [-0.25, -0.2) is 18.0 Å². The van der Waals surface area contributed by atoms with Gasteiger partial charge in [0.1, 0.15) is 9.84 Å². The molecule has 17 heavy (non-hydrogen) atoms. The molecule has 0 aromatic carbocycles. The molecule has 2 N–H and O–H groups in total. The third-order valence-corrected chi connectivity index (χ3v) is 3.48. The van der Waals surface area contributed by atoms with Crippen LogP contribution < -0.4 is 0 Å². The van der Waals surface area contributed by atoms with E-state index in [2.05, 4.69) is 0 Å². The summed E-state index contributed by atoms with van der Waals surface area (Å²) in [5, 5.41) is 17.7. The van der Waals surface area contributed by atoms with Crippen LogP contribution in [0, 0.1) is 0 Å². The van der Waals surface area contributed by atoms with E-state index in [1.165, 1.54) is 0 Å². The van der Waals surface area contributed by atoms with Crippen LogP contribution in [0.5, 0.6) is 0 Å². The summed E-state index contributed by atoms with van der Waals surface area (Å²) < 4.78 is 22.3. The predicted octanol–water partition coefficient (Wildman–Crippen LogP) is -0.627. The molecule has 0 unspecified atom stereocenters. The smallest absolute Gasteiger partial charge is 0.407 e. The molecule has 1 atom stereocenters. The van der Waals surface area contributed by atoms with E-state index in [1.54, 1.807) is 0 Å². The van der Waals surface area contributed by atoms with Crippen LogP contribution in [-0.4, -0.2) is 78.3 Å². The molecule has 0 aliphatic carbocycles. The van der Waals surface area contributed by atoms with Gasteiger partial charge < -0.3 is 20.0 Å². The van der Waals surface area contributed by atoms with E-state index in [9.17, 15) is 18.0 Å². The van der Waals surface area contributed by atoms with Crippen LogP contribution in [0.2, 0.25) is 0 Å². The molecule has 1 aliphatic rings. The van der Waals surface area contributed by atoms with Crippen LogP contribution in [-0.2, 0) is 9.84 Å². The summed E-state index contributed by atoms with van der Waals surface area (Å²) in [6, 6.07) is -0.840. The Morgan fingerprint density at radius 3 is 2.24 bits per heavy atom. The molecule has 98 valence electrons. The first-order chi connectivity index (χ1) is 7.70. The highest BCUT2D eigenvalue weighted by molar-refractivity contribution is 7.90. The first-order valence-electron chi connectivity index (χ1n) is 4.86. The van der Waals surface area contributed by atoms with Crippen LogP contribution in [0.3, 0.4) is 0 Å². The van der Waals surface area contributed by atoms with Gasteiger partial charge in [0.2, 0.25) is 0 Å². The highest BCUT2D eigenvalue weighted by Crippen LogP contribution is 2.12. The van der Waals surface area contributed by atoms with Crippen molar-refractivity contribution in [1.82, 2.24) is 9.80 Å². The summed E-state index contributed by atoms with van der Waals surface area (Å²) in [6.07, 6.45) is -1.41. The SMILES string of the molecule is CS(=O)(=O)C[C@H]1CN(C(=O)O)CCN1C(=O)O. The van der Waals surface area contributed by atoms with Gasteiger partial charge in [-0.1, -0.05) is 0 Å². The fourth-order valence-electron chi connectivity index (χ4n) is 1.77. The van der Waals surface area contributed by atoms with Crippen LogP contribution >= 0.6 is 0 Å². The first kappa shape index (κ1) is 13.6. The summed E-state index contributed by atoms with van der Waals surface area (Å²) in [5.41, 5.74) is 0. The second-order valence-corrected chi connectivity index (χ2v) is 6.14. The van der Waals surface area contributed by atoms with E-state index in [-0.39, 0.29) is 25.4 Å². The fourth-order valence-corrected chi connectivity index (χ4v) is 2.76. The van der Waals surface area contributed by atoms with Crippen molar-refractivity contribution in [2.24, 2.45) is 0 Å². The molecular formula is C8H14N2O6S. The van der Waals surface area contributed by atoms with Gasteiger partial charge in [-0.3, -0.25) is 0 Å². The first-order valence-corrected chi connectivity index (χ1v) is 6.92. The van der Waals surface area contributed by atoms with Crippen LogP contribution in [0.15, 0.2) is 0 Å². The zero-order valence-corrected chi connectivity index (χ0v) is 10.1. The summed E-state index contributed by atoms with van der Waals surface area (Å²) in [6.45, 7) is -0.0710. The molecule has 1 rings (SSSR count). The lowest BCUT2D eigenvalue weighted by atomic mass is 10.2. The minimum absolute atomic E-state index is 0.0121. The normalized spacial score (nSPS) is 21.4. The van der Waals surface area contributed by atoms with Crippen molar-refractivity contribution in [3.63, 3.8) is 0 Å². The Morgan fingerprint density at radius 1 is 1.24 bits per heavy atom. The fraction of sp³-hybridized carbons (Fsp3) is 0.750. The number of nitrogens with zero attached hydrogens (tertiary/aromatic N) is 2. The molecule has 1 aliphatic heterocycles. The van der Waals surface area contributed by atoms with E-state index in [0.717, 1.165) is 16.1 Å². The van der Waals surface area contributed by atoms with E-state index in [4.69, 9.17) is 10.2 Å². The maximum absolute atomic E-state index is 11.2. The quantitative estimate of drug-likeness (QED) is 0.687. The molecule has 0 saturated carbocycles. The number of carbonyl (C=O) groups is 2. The summed E-state index contributed by atoms with van der Waals surface area (Å²) in [5.74, 6) is -0.372. The largest absolute Gasteiger partial charge is 0.465 e. The summed E-state index contributed by atoms with van der Waals surface area (Å²) >= 11 is 0. The Bertz CT molecular complexity index is 420. The third-order valence-electron chi connectivity index (χ3n) is 2.49. The Morgan fingerprint density at radius 2 is 1.82 bits per heavy atom. The zero-order chi connectivity index (χ0) is 13.2. The predicted molar refractivity (Wildman–Crippen MR) is 57.8 cm³/mol. The molecule has 1 heterocycles. The second-order valence-electron chi connectivity index (χ2n) is 3.95. The minimum Gasteiger partial charge on any atom is -0.465 e. The van der Waals surface area contributed by atoms with Crippen molar-refractivity contribution >= 4 is 22.0 Å². The molecule has 1 fully saturated rings. The average molecular weight is 266 g/mol. The van der Waals surface area contributed by atoms with E-state index in [0.29, 0.717) is 0 Å². The van der Waals surface area contributed by atoms with E-state index in [1.807, 2.05) is 0 Å². The van der Waals surface area contributed by atoms with Gasteiger partial charge >= 0.3 is 12.2 Å². The number of sulfone groups is 1. The van der Waals surface area contributed by atoms with Gasteiger partial charge in [-0.05, 0) is 0 Å². The Hall–Kier alpha value is -1.51. The number of piperazine rings is 1. The van der Waals surface area contributed by atoms with Crippen molar-refractivity contribution < 1.29 is 28.2 Å². The molecule has 0 spiro atoms. The van der Waals surface area contributed by atoms with Gasteiger partial charge in [-0.15, -0.1) is 0 Å². The number of amides is 2. The van der Waals surface area contributed by atoms with Gasteiger partial charge in [0.05, 0.1) is 11.8 Å². The summed E-state index contributed by atoms with van der Waals surface area (Å²) in [4.78, 5) is 23.6. The maximum Gasteiger partial charge on any atom is 0.407 e. The highest BCUT2D eigenvalue weighted by Gasteiger charge is 2.34. The van der Waals surface area contributed by atoms with Gasteiger partial charge in [-0.2, -0.15) is 0 Å². The van der Waals surface area contributed by atoms with Crippen molar-refractivity contribution in [1.29, 1.82) is 0 Å². The Balaban J connectivity index is 2.83. The maximum atomic E-state index is 11.2. The lowest BCUT2D eigenvalue weighted by molar-refractivity contribution is 0.0701. The highest BCUT2D eigenvalue weighted by atomic mass is 32.2. The molecule has 0 radical (unpaired) electrons. The topological polar surface area (TPSA) is 115 Å². The number of rotatable bonds is 2. The molecule has 0 aromatic heterocycles. The summed E-state index contributed by atoms with van der Waals surface area (Å²) in [7, 11) is -3.36. The third kappa shape index (κ3) is 3.77. The van der Waals surface area contributed by atoms with Crippen molar-refractivity contribution in [2.45, 2.75) is 6.04 Å². The Kier molecular flexibility index (Phi) is 3.81. The zero-order valence-electron chi connectivity index (χ0n) is 9.24. The average Bonchev–Trinajstić information content (AvgIpc) is 2.14. The monoisotopic (exact) mass is 266 g/mol. The van der Waals surface area contributed by atoms with Crippen molar-refractivity contribution in [3.8, 4) is 0 Å². The van der Waals surface area contributed by atoms with Crippen molar-refractivity contribution in [2.75, 3.05) is 31.6 Å². The van der Waals surface area contributed by atoms with Gasteiger partial charge in [0.25, 0.3) is 0 Å². The standard InChI is InChI=1S/C8H14N2O6S/c1-17(15,16)5-6-4-9(7(11)12)2-3-10(6)8(13)14/h6H,2-5H2,1H3,(H,11,12)(H,13,14)/t6-/m1/s1. The molecule has 0 bridgehead atoms. The molecule has 1 saturated heterocycles. The molecule has 9 heteroatoms. The molecule has 2 amide bonds. The number of hydrogen-bond acceptors (Lipinski definition) is 4. The van der Waals surface area contributed by atoms with Crippen LogP contribution in [0.1, 0.15) is 0 Å². The van der Waals surface area contributed by atoms with Gasteiger partial charge in [0, 0.05) is 25.9 Å². The lowest BCUT2D eigenvalue weighted by Gasteiger charge is -2.38. The van der Waals surface area contributed by atoms with E-state index < -0.39 is 28.1 Å². The molecular weight excluding hydrogens is 252 g/mol. The number of carboxylic acid groups (broad SMARTS) is 2. The number of hydrogen-bond donors (Lipinski definition) is 2. The van der Waals surface area contributed by atoms with Crippen molar-refractivity contribution in [3.05, 3.63) is 0 Å². The minimum atomic E-state index is -3.36. The lowest BCUT2D eigenvalue weighted by Crippen LogP contribution is -2.58. The molecule has 8 nitrogen and oxygen atoms in total. The molecule has 0 aromatic rings. The van der Waals surface area contributed by atoms with Crippen LogP contribution in [0.4, 0.5) is 9.59 Å².